The maximum atomic E-state index is 15.0. The van der Waals surface area contributed by atoms with Gasteiger partial charge >= 0.3 is 0 Å². The van der Waals surface area contributed by atoms with Gasteiger partial charge in [-0.25, -0.2) is 29.2 Å². The first-order chi connectivity index (χ1) is 58.4. The molecule has 0 atom stereocenters. The Morgan fingerprint density at radius 2 is 0.650 bits per heavy atom. The number of rotatable bonds is 12. The Kier molecular flexibility index (Phi) is 21.7. The second kappa shape index (κ2) is 33.6. The summed E-state index contributed by atoms with van der Waals surface area (Å²) in [4.78, 5) is 107. The normalized spacial score (nSPS) is 12.9. The van der Waals surface area contributed by atoms with Crippen molar-refractivity contribution >= 4 is 78.1 Å². The number of aryl methyl sites for hydroxylation is 2. The summed E-state index contributed by atoms with van der Waals surface area (Å²) in [5.74, 6) is -0.861. The third kappa shape index (κ3) is 16.2. The van der Waals surface area contributed by atoms with Gasteiger partial charge in [-0.2, -0.15) is 20.4 Å². The van der Waals surface area contributed by atoms with Gasteiger partial charge in [0.05, 0.1) is 64.3 Å². The number of fused-ring (bicyclic) bond motifs is 8. The van der Waals surface area contributed by atoms with Crippen LogP contribution in [0, 0.1) is 25.5 Å². The number of nitrogens with one attached hydrogen (secondary N) is 4. The molecule has 12 aromatic carbocycles. The van der Waals surface area contributed by atoms with Gasteiger partial charge in [0.1, 0.15) is 17.3 Å². The van der Waals surface area contributed by atoms with E-state index in [9.17, 15) is 47.1 Å². The monoisotopic (exact) mass is 1590 g/mol. The number of benzene rings is 12. The molecule has 4 amide bonds. The second-order valence-corrected chi connectivity index (χ2v) is 30.4. The number of amides is 4. The molecule has 4 N–H and O–H groups in total. The van der Waals surface area contributed by atoms with Crippen LogP contribution in [0.2, 0.25) is 0 Å². The van der Waals surface area contributed by atoms with Gasteiger partial charge in [0, 0.05) is 94.4 Å². The van der Waals surface area contributed by atoms with Gasteiger partial charge in [0.25, 0.3) is 22.2 Å². The van der Waals surface area contributed by atoms with Crippen molar-refractivity contribution in [3.05, 3.63) is 387 Å². The van der Waals surface area contributed by atoms with E-state index in [0.717, 1.165) is 104 Å². The highest BCUT2D eigenvalue weighted by Crippen LogP contribution is 2.36. The van der Waals surface area contributed by atoms with Crippen LogP contribution in [-0.4, -0.2) is 87.3 Å². The van der Waals surface area contributed by atoms with Crippen LogP contribution in [-0.2, 0) is 83.9 Å². The van der Waals surface area contributed by atoms with E-state index in [1.165, 1.54) is 34.4 Å². The second-order valence-electron chi connectivity index (χ2n) is 30.4. The van der Waals surface area contributed by atoms with Crippen LogP contribution in [0.5, 0.6) is 0 Å². The Balaban J connectivity index is 0.000000114. The molecular weight excluding hydrogens is 1510 g/mol. The number of aromatic amines is 4. The molecule has 4 aliphatic rings. The lowest BCUT2D eigenvalue weighted by Crippen LogP contribution is -2.30. The molecule has 0 aliphatic carbocycles. The first-order valence-electron chi connectivity index (χ1n) is 39.5. The molecule has 0 radical (unpaired) electrons. The number of aromatic nitrogens is 8. The molecular formula is C98H78F2N12O8. The van der Waals surface area contributed by atoms with E-state index < -0.39 is 11.6 Å². The van der Waals surface area contributed by atoms with E-state index in [2.05, 4.69) is 91.0 Å². The molecule has 592 valence electrons. The van der Waals surface area contributed by atoms with Crippen LogP contribution < -0.4 is 32.0 Å². The van der Waals surface area contributed by atoms with Crippen LogP contribution in [0.15, 0.2) is 286 Å². The summed E-state index contributed by atoms with van der Waals surface area (Å²) in [6.45, 7) is 7.87. The molecule has 4 aliphatic heterocycles. The first kappa shape index (κ1) is 77.5. The highest BCUT2D eigenvalue weighted by Gasteiger charge is 2.29. The maximum Gasteiger partial charge on any atom is 0.272 e. The number of carbonyl (C=O) groups excluding carboxylic acids is 4. The summed E-state index contributed by atoms with van der Waals surface area (Å²) in [5, 5.41) is 31.8. The van der Waals surface area contributed by atoms with Crippen LogP contribution in [0.3, 0.4) is 0 Å². The minimum absolute atomic E-state index is 0.0000982. The largest absolute Gasteiger partial charge is 0.334 e. The quantitative estimate of drug-likeness (QED) is 0.0890. The molecule has 16 aromatic rings. The zero-order valence-corrected chi connectivity index (χ0v) is 65.5. The molecule has 0 saturated heterocycles. The number of H-pyrrole nitrogens is 4. The fourth-order valence-corrected chi connectivity index (χ4v) is 16.2. The van der Waals surface area contributed by atoms with Crippen molar-refractivity contribution in [2.75, 3.05) is 22.9 Å². The Hall–Kier alpha value is -15.1. The molecule has 8 heterocycles. The number of nitrogens with zero attached hydrogens (tertiary/aromatic N) is 8. The lowest BCUT2D eigenvalue weighted by Gasteiger charge is -2.18. The van der Waals surface area contributed by atoms with Crippen molar-refractivity contribution in [3.8, 4) is 45.0 Å². The van der Waals surface area contributed by atoms with E-state index in [4.69, 9.17) is 0 Å². The third-order valence-corrected chi connectivity index (χ3v) is 22.5. The average molecular weight is 1590 g/mol. The zero-order valence-electron chi connectivity index (χ0n) is 65.5. The van der Waals surface area contributed by atoms with Crippen LogP contribution in [0.1, 0.15) is 66.8 Å². The van der Waals surface area contributed by atoms with E-state index >= 15 is 0 Å². The molecule has 0 spiro atoms. The van der Waals surface area contributed by atoms with Gasteiger partial charge in [0.15, 0.2) is 0 Å². The van der Waals surface area contributed by atoms with E-state index in [0.29, 0.717) is 99.4 Å². The van der Waals surface area contributed by atoms with Gasteiger partial charge in [0.2, 0.25) is 23.6 Å². The highest BCUT2D eigenvalue weighted by molar-refractivity contribution is 6.00. The third-order valence-electron chi connectivity index (χ3n) is 22.5. The first-order valence-corrected chi connectivity index (χ1v) is 39.5. The van der Waals surface area contributed by atoms with Gasteiger partial charge in [-0.15, -0.1) is 0 Å². The van der Waals surface area contributed by atoms with E-state index in [1.54, 1.807) is 88.7 Å². The molecule has 0 bridgehead atoms. The highest BCUT2D eigenvalue weighted by atomic mass is 19.1. The molecule has 22 heteroatoms. The number of halogens is 2. The minimum atomic E-state index is -0.477. The molecule has 4 aromatic heterocycles. The fraction of sp³-hybridized carbons (Fsp3) is 0.143. The molecule has 0 fully saturated rings. The van der Waals surface area contributed by atoms with Gasteiger partial charge in [-0.3, -0.25) is 38.4 Å². The standard InChI is InChI=1S/2C25H21N3O2.2C24H18FN3O2/c2*1-16-6-9-18-12-13-28(22(18)14-16)23(29)15-17-7-10-19(11-8-17)24-20-4-2-3-5-21(20)25(30)27-26-24;25-21-11-16(23-19-7-3-4-8-20(19)24(30)27-26-23)10-9-15(21)12-22(29)28-13-17-5-1-2-6-18(17)14-28;25-21-11-15(12-22(29)28-13-16-5-1-2-6-17(16)14-28)9-10-20(21)23-18-7-3-4-8-19(18)24(30)27-26-23/h2*2-11,14H,12-13,15H2,1H3,(H,27,30);2*1-11H,12-14H2,(H,27,30). The van der Waals surface area contributed by atoms with E-state index in [-0.39, 0.29) is 64.3 Å². The van der Waals surface area contributed by atoms with Crippen LogP contribution >= 0.6 is 0 Å². The SMILES string of the molecule is Cc1ccc2c(c1)N(C(=O)Cc1ccc(-c3n[nH]c(=O)c4ccccc34)cc1)CC2.Cc1ccc2c(c1)N(C(=O)Cc1ccc(-c3n[nH]c(=O)c4ccccc34)cc1)CC2.O=C(Cc1ccc(-c2n[nH]c(=O)c3ccccc23)c(F)c1)N1Cc2ccccc2C1.O=C(Cc1ccc(-c2n[nH]c(=O)c3ccccc23)cc1F)N1Cc2ccccc2C1. The summed E-state index contributed by atoms with van der Waals surface area (Å²) < 4.78 is 29.8. The summed E-state index contributed by atoms with van der Waals surface area (Å²) in [6.07, 6.45) is 2.66. The van der Waals surface area contributed by atoms with Crippen molar-refractivity contribution < 1.29 is 28.0 Å². The fourth-order valence-electron chi connectivity index (χ4n) is 16.2. The van der Waals surface area contributed by atoms with Crippen molar-refractivity contribution in [1.82, 2.24) is 50.6 Å². The summed E-state index contributed by atoms with van der Waals surface area (Å²) in [6, 6.07) is 82.6. The molecule has 20 nitrogen and oxygen atoms in total. The average Bonchev–Trinajstić information content (AvgIpc) is 1.21. The van der Waals surface area contributed by atoms with Crippen molar-refractivity contribution in [3.63, 3.8) is 0 Å². The lowest BCUT2D eigenvalue weighted by molar-refractivity contribution is -0.131. The van der Waals surface area contributed by atoms with Crippen molar-refractivity contribution in [2.24, 2.45) is 0 Å². The lowest BCUT2D eigenvalue weighted by atomic mass is 10.0. The van der Waals surface area contributed by atoms with Gasteiger partial charge in [-0.1, -0.05) is 212 Å². The Labute approximate surface area is 686 Å². The molecule has 0 saturated carbocycles. The van der Waals surface area contributed by atoms with Crippen LogP contribution in [0.25, 0.3) is 88.1 Å². The summed E-state index contributed by atoms with van der Waals surface area (Å²) >= 11 is 0. The predicted octanol–water partition coefficient (Wildman–Crippen LogP) is 15.7. The topological polar surface area (TPSA) is 264 Å². The predicted molar refractivity (Wildman–Crippen MR) is 462 cm³/mol. The maximum absolute atomic E-state index is 15.0. The van der Waals surface area contributed by atoms with Gasteiger partial charge < -0.3 is 19.6 Å². The Morgan fingerprint density at radius 3 is 1.04 bits per heavy atom. The smallest absolute Gasteiger partial charge is 0.272 e. The van der Waals surface area contributed by atoms with Crippen LogP contribution in [0.4, 0.5) is 20.2 Å². The molecule has 120 heavy (non-hydrogen) atoms. The van der Waals surface area contributed by atoms with Crippen molar-refractivity contribution in [1.29, 1.82) is 0 Å². The molecule has 20 rings (SSSR count). The summed E-state index contributed by atoms with van der Waals surface area (Å²) in [7, 11) is 0. The Bertz CT molecular complexity index is 6750. The number of anilines is 2. The zero-order chi connectivity index (χ0) is 82.7. The minimum Gasteiger partial charge on any atom is -0.334 e. The van der Waals surface area contributed by atoms with Gasteiger partial charge in [-0.05, 0) is 148 Å². The Morgan fingerprint density at radius 1 is 0.317 bits per heavy atom. The number of carbonyl (C=O) groups is 4. The van der Waals surface area contributed by atoms with Crippen molar-refractivity contribution in [2.45, 2.75) is 78.6 Å². The summed E-state index contributed by atoms with van der Waals surface area (Å²) in [5.41, 5.74) is 18.3. The van der Waals surface area contributed by atoms with E-state index in [1.807, 2.05) is 149 Å². The molecule has 0 unspecified atom stereocenters. The number of hydrogen-bond donors (Lipinski definition) is 4. The number of hydrogen-bond acceptors (Lipinski definition) is 12.